The van der Waals surface area contributed by atoms with Gasteiger partial charge in [-0.3, -0.25) is 14.2 Å². The molecular formula is C20H13ClN4O. The van der Waals surface area contributed by atoms with Crippen molar-refractivity contribution < 1.29 is 0 Å². The zero-order valence-electron chi connectivity index (χ0n) is 13.5. The third-order valence-electron chi connectivity index (χ3n) is 4.42. The number of anilines is 2. The predicted molar refractivity (Wildman–Crippen MR) is 106 cm³/mol. The van der Waals surface area contributed by atoms with Crippen molar-refractivity contribution in [3.8, 4) is 0 Å². The Balaban J connectivity index is 1.77. The van der Waals surface area contributed by atoms with Crippen LogP contribution in [-0.2, 0) is 0 Å². The monoisotopic (exact) mass is 360 g/mol. The van der Waals surface area contributed by atoms with Crippen molar-refractivity contribution >= 4 is 50.7 Å². The Labute approximate surface area is 152 Å². The molecule has 0 bridgehead atoms. The summed E-state index contributed by atoms with van der Waals surface area (Å²) in [5.74, 6) is 0.526. The molecule has 0 aliphatic heterocycles. The zero-order chi connectivity index (χ0) is 17.7. The van der Waals surface area contributed by atoms with E-state index in [1.165, 1.54) is 0 Å². The van der Waals surface area contributed by atoms with Crippen molar-refractivity contribution in [1.29, 1.82) is 0 Å². The van der Waals surface area contributed by atoms with E-state index < -0.39 is 0 Å². The number of hydrogen-bond acceptors (Lipinski definition) is 3. The summed E-state index contributed by atoms with van der Waals surface area (Å²) in [4.78, 5) is 19.7. The fraction of sp³-hybridized carbons (Fsp3) is 0. The first kappa shape index (κ1) is 15.0. The first-order chi connectivity index (χ1) is 12.7. The van der Waals surface area contributed by atoms with E-state index in [0.717, 1.165) is 27.9 Å². The minimum absolute atomic E-state index is 0.141. The van der Waals surface area contributed by atoms with Crippen LogP contribution >= 0.6 is 11.6 Å². The molecule has 0 aliphatic carbocycles. The van der Waals surface area contributed by atoms with Crippen molar-refractivity contribution in [1.82, 2.24) is 14.4 Å². The number of benzene rings is 3. The lowest BCUT2D eigenvalue weighted by atomic mass is 10.2. The second-order valence-electron chi connectivity index (χ2n) is 6.05. The minimum atomic E-state index is -0.141. The summed E-state index contributed by atoms with van der Waals surface area (Å²) < 4.78 is 1.96. The summed E-state index contributed by atoms with van der Waals surface area (Å²) in [5.41, 5.74) is 4.12. The highest BCUT2D eigenvalue weighted by atomic mass is 35.5. The largest absolute Gasteiger partial charge is 0.354 e. The van der Waals surface area contributed by atoms with Crippen LogP contribution in [0.1, 0.15) is 0 Å². The van der Waals surface area contributed by atoms with E-state index in [4.69, 9.17) is 11.6 Å². The third kappa shape index (κ3) is 2.25. The summed E-state index contributed by atoms with van der Waals surface area (Å²) >= 11 is 6.24. The van der Waals surface area contributed by atoms with Gasteiger partial charge in [-0.1, -0.05) is 35.9 Å². The van der Waals surface area contributed by atoms with Crippen molar-refractivity contribution in [2.75, 3.05) is 5.32 Å². The highest BCUT2D eigenvalue weighted by Crippen LogP contribution is 2.28. The molecule has 5 nitrogen and oxygen atoms in total. The molecule has 126 valence electrons. The lowest BCUT2D eigenvalue weighted by molar-refractivity contribution is 1.16. The van der Waals surface area contributed by atoms with Gasteiger partial charge in [-0.15, -0.1) is 0 Å². The molecule has 0 saturated heterocycles. The summed E-state index contributed by atoms with van der Waals surface area (Å²) in [6.07, 6.45) is 0. The number of nitrogens with zero attached hydrogens (tertiary/aromatic N) is 2. The summed E-state index contributed by atoms with van der Waals surface area (Å²) in [6, 6.07) is 21.0. The number of halogens is 1. The molecule has 5 aromatic rings. The number of fused-ring (bicyclic) bond motifs is 5. The van der Waals surface area contributed by atoms with Crippen molar-refractivity contribution in [2.45, 2.75) is 0 Å². The van der Waals surface area contributed by atoms with Gasteiger partial charge in [0, 0.05) is 5.69 Å². The lowest BCUT2D eigenvalue weighted by Crippen LogP contribution is -2.09. The second-order valence-corrected chi connectivity index (χ2v) is 6.46. The number of aromatic nitrogens is 3. The molecule has 3 aromatic carbocycles. The minimum Gasteiger partial charge on any atom is -0.354 e. The number of aromatic amines is 1. The first-order valence-electron chi connectivity index (χ1n) is 8.15. The van der Waals surface area contributed by atoms with Crippen LogP contribution in [0.2, 0.25) is 5.02 Å². The molecule has 2 aromatic heterocycles. The number of imidazole rings is 1. The average Bonchev–Trinajstić information content (AvgIpc) is 3.01. The van der Waals surface area contributed by atoms with Crippen LogP contribution in [0.15, 0.2) is 71.5 Å². The van der Waals surface area contributed by atoms with Gasteiger partial charge in [0.05, 0.1) is 32.6 Å². The van der Waals surface area contributed by atoms with Crippen LogP contribution in [0.25, 0.3) is 27.7 Å². The lowest BCUT2D eigenvalue weighted by Gasteiger charge is -2.08. The van der Waals surface area contributed by atoms with Gasteiger partial charge in [-0.25, -0.2) is 4.98 Å². The fourth-order valence-corrected chi connectivity index (χ4v) is 3.41. The molecule has 0 aliphatic rings. The van der Waals surface area contributed by atoms with Gasteiger partial charge in [-0.05, 0) is 42.5 Å². The molecular weight excluding hydrogens is 348 g/mol. The van der Waals surface area contributed by atoms with Crippen LogP contribution in [0.4, 0.5) is 11.4 Å². The summed E-state index contributed by atoms with van der Waals surface area (Å²) in [6.45, 7) is 0. The van der Waals surface area contributed by atoms with Crippen molar-refractivity contribution in [2.24, 2.45) is 0 Å². The highest BCUT2D eigenvalue weighted by Gasteiger charge is 2.11. The number of H-pyrrole nitrogens is 1. The maximum Gasteiger partial charge on any atom is 0.260 e. The van der Waals surface area contributed by atoms with Gasteiger partial charge >= 0.3 is 0 Å². The van der Waals surface area contributed by atoms with Gasteiger partial charge in [-0.2, -0.15) is 0 Å². The third-order valence-corrected chi connectivity index (χ3v) is 4.75. The molecule has 5 rings (SSSR count). The second kappa shape index (κ2) is 5.61. The maximum atomic E-state index is 12.3. The predicted octanol–water partition coefficient (Wildman–Crippen LogP) is 4.73. The van der Waals surface area contributed by atoms with Crippen LogP contribution in [0.5, 0.6) is 0 Å². The maximum absolute atomic E-state index is 12.3. The summed E-state index contributed by atoms with van der Waals surface area (Å²) in [7, 11) is 0. The molecule has 0 atom stereocenters. The molecule has 0 radical (unpaired) electrons. The van der Waals surface area contributed by atoms with Crippen LogP contribution in [0.3, 0.4) is 0 Å². The molecule has 26 heavy (non-hydrogen) atoms. The van der Waals surface area contributed by atoms with Gasteiger partial charge in [0.2, 0.25) is 5.78 Å². The molecule has 0 spiro atoms. The van der Waals surface area contributed by atoms with Gasteiger partial charge in [0.1, 0.15) is 0 Å². The number of para-hydroxylation sites is 2. The fourth-order valence-electron chi connectivity index (χ4n) is 3.23. The van der Waals surface area contributed by atoms with E-state index in [9.17, 15) is 4.79 Å². The zero-order valence-corrected chi connectivity index (χ0v) is 14.3. The van der Waals surface area contributed by atoms with E-state index in [-0.39, 0.29) is 5.56 Å². The van der Waals surface area contributed by atoms with Gasteiger partial charge in [0.25, 0.3) is 5.56 Å². The Hall–Kier alpha value is -3.31. The number of rotatable bonds is 2. The van der Waals surface area contributed by atoms with Crippen molar-refractivity contribution in [3.05, 3.63) is 82.1 Å². The first-order valence-corrected chi connectivity index (χ1v) is 8.53. The standard InChI is InChI=1S/C20H13ClN4O/c21-14-6-2-3-7-15(14)22-12-9-10-16-18(11-12)25-17-8-4-1-5-13(17)19(26)24-20(25)23-16/h1-11,22H,(H,23,24,26). The van der Waals surface area contributed by atoms with Crippen LogP contribution < -0.4 is 10.9 Å². The van der Waals surface area contributed by atoms with Gasteiger partial charge in [0.15, 0.2) is 0 Å². The van der Waals surface area contributed by atoms with Crippen LogP contribution in [-0.4, -0.2) is 14.4 Å². The normalized spacial score (nSPS) is 11.4. The van der Waals surface area contributed by atoms with E-state index >= 15 is 0 Å². The SMILES string of the molecule is O=c1[nH]c2nc3ccc(Nc4ccccc4Cl)cc3n2c2ccccc12. The Bertz CT molecular complexity index is 1350. The molecule has 2 heterocycles. The quantitative estimate of drug-likeness (QED) is 0.478. The molecule has 6 heteroatoms. The Morgan fingerprint density at radius 2 is 1.77 bits per heavy atom. The smallest absolute Gasteiger partial charge is 0.260 e. The average molecular weight is 361 g/mol. The van der Waals surface area contributed by atoms with Crippen molar-refractivity contribution in [3.63, 3.8) is 0 Å². The Morgan fingerprint density at radius 3 is 2.65 bits per heavy atom. The van der Waals surface area contributed by atoms with E-state index in [0.29, 0.717) is 16.2 Å². The van der Waals surface area contributed by atoms with E-state index in [1.807, 2.05) is 71.1 Å². The van der Waals surface area contributed by atoms with E-state index in [1.54, 1.807) is 0 Å². The molecule has 0 amide bonds. The van der Waals surface area contributed by atoms with E-state index in [2.05, 4.69) is 15.3 Å². The summed E-state index contributed by atoms with van der Waals surface area (Å²) in [5, 5.41) is 4.62. The Kier molecular flexibility index (Phi) is 3.23. The topological polar surface area (TPSA) is 62.2 Å². The van der Waals surface area contributed by atoms with Gasteiger partial charge < -0.3 is 5.32 Å². The molecule has 0 fully saturated rings. The molecule has 0 saturated carbocycles. The molecule has 2 N–H and O–H groups in total. The molecule has 0 unspecified atom stereocenters. The Morgan fingerprint density at radius 1 is 0.962 bits per heavy atom. The number of nitrogens with one attached hydrogen (secondary N) is 2. The van der Waals surface area contributed by atoms with Crippen LogP contribution in [0, 0.1) is 0 Å². The number of hydrogen-bond donors (Lipinski definition) is 2. The highest BCUT2D eigenvalue weighted by molar-refractivity contribution is 6.33.